The lowest BCUT2D eigenvalue weighted by Crippen LogP contribution is -2.33. The van der Waals surface area contributed by atoms with Gasteiger partial charge in [-0.3, -0.25) is 4.79 Å². The first-order valence-electron chi connectivity index (χ1n) is 8.49. The molecule has 0 fully saturated rings. The molecule has 5 heteroatoms. The summed E-state index contributed by atoms with van der Waals surface area (Å²) in [6, 6.07) is 26.3. The largest absolute Gasteiger partial charge is 0.332 e. The minimum absolute atomic E-state index is 0.0842. The summed E-state index contributed by atoms with van der Waals surface area (Å²) in [6.07, 6.45) is 0. The van der Waals surface area contributed by atoms with Gasteiger partial charge in [-0.1, -0.05) is 72.8 Å². The molecule has 136 valence electrons. The zero-order valence-electron chi connectivity index (χ0n) is 14.9. The molecule has 1 amide bonds. The van der Waals surface area contributed by atoms with E-state index in [2.05, 4.69) is 0 Å². The second-order valence-electron chi connectivity index (χ2n) is 5.85. The van der Waals surface area contributed by atoms with E-state index in [4.69, 9.17) is 9.68 Å². The van der Waals surface area contributed by atoms with Crippen molar-refractivity contribution in [2.45, 2.75) is 13.5 Å². The average molecular weight is 361 g/mol. The average Bonchev–Trinajstić information content (AvgIpc) is 2.72. The molecule has 0 spiro atoms. The lowest BCUT2D eigenvalue weighted by molar-refractivity contribution is -0.312. The van der Waals surface area contributed by atoms with E-state index in [9.17, 15) is 9.59 Å². The van der Waals surface area contributed by atoms with Gasteiger partial charge in [0, 0.05) is 12.5 Å². The number of hydrogen-bond donors (Lipinski definition) is 0. The molecule has 0 saturated heterocycles. The third-order valence-corrected chi connectivity index (χ3v) is 3.81. The van der Waals surface area contributed by atoms with Gasteiger partial charge in [-0.05, 0) is 34.0 Å². The fourth-order valence-corrected chi connectivity index (χ4v) is 2.49. The van der Waals surface area contributed by atoms with Crippen LogP contribution in [0.15, 0.2) is 84.9 Å². The third kappa shape index (κ3) is 5.03. The molecule has 0 N–H and O–H groups in total. The Morgan fingerprint density at radius 3 is 1.93 bits per heavy atom. The molecule has 0 aliphatic heterocycles. The first-order chi connectivity index (χ1) is 13.1. The van der Waals surface area contributed by atoms with E-state index in [1.807, 2.05) is 54.6 Å². The molecule has 0 heterocycles. The number of benzene rings is 3. The molecule has 0 unspecified atom stereocenters. The Morgan fingerprint density at radius 1 is 0.778 bits per heavy atom. The van der Waals surface area contributed by atoms with Crippen LogP contribution in [0.4, 0.5) is 0 Å². The number of amides is 1. The number of nitrogens with zero attached hydrogens (tertiary/aromatic N) is 1. The number of hydroxylamine groups is 2. The van der Waals surface area contributed by atoms with Crippen LogP contribution in [0.25, 0.3) is 11.1 Å². The molecule has 27 heavy (non-hydrogen) atoms. The van der Waals surface area contributed by atoms with Crippen molar-refractivity contribution in [1.82, 2.24) is 5.23 Å². The van der Waals surface area contributed by atoms with E-state index < -0.39 is 11.9 Å². The highest BCUT2D eigenvalue weighted by Gasteiger charge is 2.20. The number of hydrogen-bond acceptors (Lipinski definition) is 4. The van der Waals surface area contributed by atoms with Crippen molar-refractivity contribution in [2.75, 3.05) is 0 Å². The van der Waals surface area contributed by atoms with Crippen LogP contribution in [-0.2, 0) is 21.1 Å². The molecule has 3 aromatic rings. The van der Waals surface area contributed by atoms with Crippen LogP contribution in [0.2, 0.25) is 0 Å². The normalized spacial score (nSPS) is 10.3. The summed E-state index contributed by atoms with van der Waals surface area (Å²) in [6.45, 7) is 1.30. The summed E-state index contributed by atoms with van der Waals surface area (Å²) in [5, 5.41) is 0.628. The first-order valence-corrected chi connectivity index (χ1v) is 8.49. The van der Waals surface area contributed by atoms with Crippen molar-refractivity contribution in [1.29, 1.82) is 0 Å². The van der Waals surface area contributed by atoms with Crippen LogP contribution in [0.1, 0.15) is 22.8 Å². The van der Waals surface area contributed by atoms with Crippen molar-refractivity contribution in [3.05, 3.63) is 96.1 Å². The maximum Gasteiger partial charge on any atom is 0.332 e. The zero-order valence-corrected chi connectivity index (χ0v) is 14.9. The number of rotatable bonds is 5. The SMILES string of the molecule is CC(=O)ON(OCc1ccc(-c2ccccc2)cc1)C(=O)c1ccccc1. The molecule has 3 aromatic carbocycles. The van der Waals surface area contributed by atoms with Crippen molar-refractivity contribution in [3.63, 3.8) is 0 Å². The minimum atomic E-state index is -0.640. The van der Waals surface area contributed by atoms with E-state index in [1.165, 1.54) is 6.92 Å². The smallest absolute Gasteiger partial charge is 0.312 e. The van der Waals surface area contributed by atoms with Crippen LogP contribution in [0.5, 0.6) is 0 Å². The van der Waals surface area contributed by atoms with Crippen LogP contribution in [-0.4, -0.2) is 17.1 Å². The van der Waals surface area contributed by atoms with Crippen LogP contribution < -0.4 is 0 Å². The Bertz CT molecular complexity index is 893. The molecule has 0 aliphatic rings. The monoisotopic (exact) mass is 361 g/mol. The number of carbonyl (C=O) groups excluding carboxylic acids is 2. The van der Waals surface area contributed by atoms with Crippen molar-refractivity contribution in [3.8, 4) is 11.1 Å². The predicted molar refractivity (Wildman–Crippen MR) is 101 cm³/mol. The molecule has 5 nitrogen and oxygen atoms in total. The number of carbonyl (C=O) groups is 2. The molecule has 0 aliphatic carbocycles. The van der Waals surface area contributed by atoms with Gasteiger partial charge in [-0.2, -0.15) is 0 Å². The Labute approximate surface area is 157 Å². The maximum absolute atomic E-state index is 12.5. The summed E-state index contributed by atoms with van der Waals surface area (Å²) < 4.78 is 0. The van der Waals surface area contributed by atoms with Gasteiger partial charge in [0.25, 0.3) is 0 Å². The van der Waals surface area contributed by atoms with Gasteiger partial charge in [0.1, 0.15) is 6.61 Å². The Hall–Kier alpha value is -3.44. The summed E-state index contributed by atoms with van der Waals surface area (Å²) in [5.41, 5.74) is 3.40. The van der Waals surface area contributed by atoms with Gasteiger partial charge in [-0.25, -0.2) is 9.63 Å². The van der Waals surface area contributed by atoms with E-state index in [1.54, 1.807) is 30.3 Å². The lowest BCUT2D eigenvalue weighted by atomic mass is 10.0. The molecule has 0 atom stereocenters. The van der Waals surface area contributed by atoms with Gasteiger partial charge < -0.3 is 4.84 Å². The van der Waals surface area contributed by atoms with Crippen LogP contribution >= 0.6 is 0 Å². The van der Waals surface area contributed by atoms with Crippen LogP contribution in [0, 0.1) is 0 Å². The molecule has 0 radical (unpaired) electrons. The van der Waals surface area contributed by atoms with Crippen LogP contribution in [0.3, 0.4) is 0 Å². The van der Waals surface area contributed by atoms with Crippen molar-refractivity contribution >= 4 is 11.9 Å². The van der Waals surface area contributed by atoms with E-state index in [-0.39, 0.29) is 6.61 Å². The molecule has 0 saturated carbocycles. The van der Waals surface area contributed by atoms with Gasteiger partial charge in [-0.15, -0.1) is 0 Å². The van der Waals surface area contributed by atoms with E-state index >= 15 is 0 Å². The van der Waals surface area contributed by atoms with Gasteiger partial charge in [0.15, 0.2) is 0 Å². The third-order valence-electron chi connectivity index (χ3n) is 3.81. The van der Waals surface area contributed by atoms with Gasteiger partial charge in [0.05, 0.1) is 0 Å². The molecular weight excluding hydrogens is 342 g/mol. The van der Waals surface area contributed by atoms with E-state index in [0.717, 1.165) is 16.7 Å². The fourth-order valence-electron chi connectivity index (χ4n) is 2.49. The Kier molecular flexibility index (Phi) is 5.97. The highest BCUT2D eigenvalue weighted by atomic mass is 17.0. The van der Waals surface area contributed by atoms with Crippen molar-refractivity contribution in [2.24, 2.45) is 0 Å². The second-order valence-corrected chi connectivity index (χ2v) is 5.85. The predicted octanol–water partition coefficient (Wildman–Crippen LogP) is 4.41. The second kappa shape index (κ2) is 8.78. The van der Waals surface area contributed by atoms with Crippen molar-refractivity contribution < 1.29 is 19.3 Å². The van der Waals surface area contributed by atoms with Gasteiger partial charge >= 0.3 is 11.9 Å². The fraction of sp³-hybridized carbons (Fsp3) is 0.0909. The summed E-state index contributed by atoms with van der Waals surface area (Å²) in [7, 11) is 0. The maximum atomic E-state index is 12.5. The van der Waals surface area contributed by atoms with E-state index in [0.29, 0.717) is 10.8 Å². The zero-order chi connectivity index (χ0) is 19.1. The Balaban J connectivity index is 1.68. The summed E-state index contributed by atoms with van der Waals surface area (Å²) in [5.74, 6) is -1.19. The van der Waals surface area contributed by atoms with Gasteiger partial charge in [0.2, 0.25) is 0 Å². The lowest BCUT2D eigenvalue weighted by Gasteiger charge is -2.19. The Morgan fingerprint density at radius 2 is 1.33 bits per heavy atom. The topological polar surface area (TPSA) is 55.8 Å². The highest BCUT2D eigenvalue weighted by Crippen LogP contribution is 2.20. The standard InChI is InChI=1S/C22H19NO4/c1-17(24)27-23(22(25)21-10-6-3-7-11-21)26-16-18-12-14-20(15-13-18)19-8-4-2-5-9-19/h2-15H,16H2,1H3. The molecular formula is C22H19NO4. The summed E-state index contributed by atoms with van der Waals surface area (Å²) in [4.78, 5) is 34.1. The highest BCUT2D eigenvalue weighted by molar-refractivity contribution is 5.93. The summed E-state index contributed by atoms with van der Waals surface area (Å²) >= 11 is 0. The molecule has 0 aromatic heterocycles. The first kappa shape index (κ1) is 18.4. The molecule has 3 rings (SSSR count). The minimum Gasteiger partial charge on any atom is -0.312 e. The quantitative estimate of drug-likeness (QED) is 0.632. The molecule has 0 bridgehead atoms.